The second-order valence-corrected chi connectivity index (χ2v) is 4.77. The molecule has 0 heterocycles. The Labute approximate surface area is 109 Å². The van der Waals surface area contributed by atoms with E-state index in [1.54, 1.807) is 20.8 Å². The van der Waals surface area contributed by atoms with Crippen LogP contribution in [0.15, 0.2) is 0 Å². The zero-order valence-corrected chi connectivity index (χ0v) is 11.9. The Morgan fingerprint density at radius 2 is 1.83 bits per heavy atom. The maximum absolute atomic E-state index is 12.1. The van der Waals surface area contributed by atoms with Gasteiger partial charge >= 0.3 is 5.97 Å². The first-order valence-corrected chi connectivity index (χ1v) is 6.43. The van der Waals surface area contributed by atoms with E-state index in [9.17, 15) is 9.59 Å². The molecule has 0 atom stereocenters. The second-order valence-electron chi connectivity index (χ2n) is 4.77. The molecule has 5 nitrogen and oxygen atoms in total. The van der Waals surface area contributed by atoms with Gasteiger partial charge in [0, 0.05) is 6.54 Å². The predicted octanol–water partition coefficient (Wildman–Crippen LogP) is 0.849. The quantitative estimate of drug-likeness (QED) is 0.491. The minimum absolute atomic E-state index is 0.00706. The Balaban J connectivity index is 4.55. The third kappa shape index (κ3) is 5.14. The zero-order valence-electron chi connectivity index (χ0n) is 11.9. The van der Waals surface area contributed by atoms with Crippen LogP contribution in [0.25, 0.3) is 0 Å². The topological polar surface area (TPSA) is 66.8 Å². The summed E-state index contributed by atoms with van der Waals surface area (Å²) in [4.78, 5) is 25.7. The number of hydrogen-bond acceptors (Lipinski definition) is 5. The number of ketones is 1. The fourth-order valence-corrected chi connectivity index (χ4v) is 1.55. The first kappa shape index (κ1) is 17.1. The van der Waals surface area contributed by atoms with E-state index in [1.165, 1.54) is 0 Å². The fraction of sp³-hybridized carbons (Fsp3) is 0.846. The molecule has 0 fully saturated rings. The Hall–Kier alpha value is -0.940. The van der Waals surface area contributed by atoms with Crippen molar-refractivity contribution in [2.45, 2.75) is 34.1 Å². The van der Waals surface area contributed by atoms with Crippen LogP contribution in [0.1, 0.15) is 34.1 Å². The monoisotopic (exact) mass is 259 g/mol. The maximum atomic E-state index is 12.1. The van der Waals surface area contributed by atoms with E-state index < -0.39 is 11.4 Å². The van der Waals surface area contributed by atoms with E-state index in [4.69, 9.17) is 9.84 Å². The summed E-state index contributed by atoms with van der Waals surface area (Å²) >= 11 is 0. The molecule has 18 heavy (non-hydrogen) atoms. The summed E-state index contributed by atoms with van der Waals surface area (Å²) < 4.78 is 4.90. The van der Waals surface area contributed by atoms with Gasteiger partial charge in [-0.3, -0.25) is 14.5 Å². The number of nitrogens with zero attached hydrogens (tertiary/aromatic N) is 1. The molecule has 106 valence electrons. The van der Waals surface area contributed by atoms with Gasteiger partial charge in [-0.2, -0.15) is 0 Å². The van der Waals surface area contributed by atoms with Crippen LogP contribution in [0.5, 0.6) is 0 Å². The summed E-state index contributed by atoms with van der Waals surface area (Å²) in [6, 6.07) is 0. The summed E-state index contributed by atoms with van der Waals surface area (Å²) in [7, 11) is 0. The molecular weight excluding hydrogens is 234 g/mol. The molecule has 5 heteroatoms. The van der Waals surface area contributed by atoms with E-state index in [0.29, 0.717) is 6.54 Å². The van der Waals surface area contributed by atoms with Crippen LogP contribution in [-0.2, 0) is 14.3 Å². The van der Waals surface area contributed by atoms with Crippen LogP contribution < -0.4 is 0 Å². The van der Waals surface area contributed by atoms with Gasteiger partial charge in [-0.15, -0.1) is 0 Å². The number of Topliss-reactive ketones (excluding diaryl/α,β-unsaturated/α-hetero) is 1. The molecule has 1 N–H and O–H groups in total. The molecule has 0 bridgehead atoms. The largest absolute Gasteiger partial charge is 0.465 e. The lowest BCUT2D eigenvalue weighted by molar-refractivity contribution is -0.158. The van der Waals surface area contributed by atoms with Gasteiger partial charge in [0.15, 0.2) is 5.78 Å². The SMILES string of the molecule is CCCN(CCO)CC(=O)C(C)(C)C(=O)OCC. The molecule has 0 rings (SSSR count). The first-order valence-electron chi connectivity index (χ1n) is 6.43. The van der Waals surface area contributed by atoms with E-state index in [2.05, 4.69) is 0 Å². The Bertz CT molecular complexity index is 270. The minimum atomic E-state index is -1.13. The number of aliphatic hydroxyl groups excluding tert-OH is 1. The number of aliphatic hydroxyl groups is 1. The Morgan fingerprint density at radius 3 is 2.28 bits per heavy atom. The predicted molar refractivity (Wildman–Crippen MR) is 69.2 cm³/mol. The van der Waals surface area contributed by atoms with Crippen molar-refractivity contribution in [1.82, 2.24) is 4.90 Å². The third-order valence-corrected chi connectivity index (χ3v) is 2.81. The van der Waals surface area contributed by atoms with Gasteiger partial charge in [-0.1, -0.05) is 6.92 Å². The Morgan fingerprint density at radius 1 is 1.22 bits per heavy atom. The van der Waals surface area contributed by atoms with E-state index in [-0.39, 0.29) is 25.5 Å². The van der Waals surface area contributed by atoms with Gasteiger partial charge in [-0.25, -0.2) is 0 Å². The summed E-state index contributed by atoms with van der Waals surface area (Å²) in [6.07, 6.45) is 0.896. The van der Waals surface area contributed by atoms with Gasteiger partial charge in [0.1, 0.15) is 5.41 Å². The summed E-state index contributed by atoms with van der Waals surface area (Å²) in [5.74, 6) is -0.668. The highest BCUT2D eigenvalue weighted by Crippen LogP contribution is 2.19. The molecule has 0 unspecified atom stereocenters. The van der Waals surface area contributed by atoms with Crippen molar-refractivity contribution in [1.29, 1.82) is 0 Å². The molecule has 0 amide bonds. The summed E-state index contributed by atoms with van der Waals surface area (Å²) in [5.41, 5.74) is -1.13. The average molecular weight is 259 g/mol. The van der Waals surface area contributed by atoms with Crippen molar-refractivity contribution >= 4 is 11.8 Å². The smallest absolute Gasteiger partial charge is 0.319 e. The maximum Gasteiger partial charge on any atom is 0.319 e. The van der Waals surface area contributed by atoms with Crippen molar-refractivity contribution < 1.29 is 19.4 Å². The molecule has 0 aromatic carbocycles. The van der Waals surface area contributed by atoms with Crippen LogP contribution in [0.4, 0.5) is 0 Å². The lowest BCUT2D eigenvalue weighted by Crippen LogP contribution is -2.43. The second kappa shape index (κ2) is 8.21. The number of ether oxygens (including phenoxy) is 1. The molecule has 0 saturated heterocycles. The standard InChI is InChI=1S/C13H25NO4/c1-5-7-14(8-9-15)10-11(16)13(3,4)12(17)18-6-2/h15H,5-10H2,1-4H3. The van der Waals surface area contributed by atoms with Crippen molar-refractivity contribution in [3.05, 3.63) is 0 Å². The van der Waals surface area contributed by atoms with Crippen LogP contribution in [0.3, 0.4) is 0 Å². The van der Waals surface area contributed by atoms with Gasteiger partial charge in [0.25, 0.3) is 0 Å². The lowest BCUT2D eigenvalue weighted by Gasteiger charge is -2.26. The molecule has 0 aliphatic rings. The number of carbonyl (C=O) groups excluding carboxylic acids is 2. The van der Waals surface area contributed by atoms with Crippen molar-refractivity contribution in [3.8, 4) is 0 Å². The van der Waals surface area contributed by atoms with Gasteiger partial charge in [-0.05, 0) is 33.7 Å². The highest BCUT2D eigenvalue weighted by molar-refractivity contribution is 6.03. The zero-order chi connectivity index (χ0) is 14.2. The molecule has 0 radical (unpaired) electrons. The molecule has 0 saturated carbocycles. The van der Waals surface area contributed by atoms with Crippen molar-refractivity contribution in [2.24, 2.45) is 5.41 Å². The van der Waals surface area contributed by atoms with Crippen LogP contribution in [0, 0.1) is 5.41 Å². The molecule has 0 aliphatic carbocycles. The Kier molecular flexibility index (Phi) is 7.78. The molecule has 0 aromatic rings. The van der Waals surface area contributed by atoms with Crippen LogP contribution in [-0.4, -0.2) is 54.6 Å². The van der Waals surface area contributed by atoms with E-state index in [0.717, 1.165) is 13.0 Å². The normalized spacial score (nSPS) is 11.7. The van der Waals surface area contributed by atoms with E-state index in [1.807, 2.05) is 11.8 Å². The number of hydrogen-bond donors (Lipinski definition) is 1. The van der Waals surface area contributed by atoms with E-state index >= 15 is 0 Å². The molecular formula is C13H25NO4. The van der Waals surface area contributed by atoms with Gasteiger partial charge in [0.2, 0.25) is 0 Å². The summed E-state index contributed by atoms with van der Waals surface area (Å²) in [5, 5.41) is 8.93. The van der Waals surface area contributed by atoms with Crippen molar-refractivity contribution in [2.75, 3.05) is 32.8 Å². The third-order valence-electron chi connectivity index (χ3n) is 2.81. The average Bonchev–Trinajstić information content (AvgIpc) is 2.29. The fourth-order valence-electron chi connectivity index (χ4n) is 1.55. The number of carbonyl (C=O) groups is 2. The van der Waals surface area contributed by atoms with Crippen molar-refractivity contribution in [3.63, 3.8) is 0 Å². The molecule has 0 aromatic heterocycles. The van der Waals surface area contributed by atoms with Gasteiger partial charge < -0.3 is 9.84 Å². The van der Waals surface area contributed by atoms with Crippen LogP contribution in [0.2, 0.25) is 0 Å². The highest BCUT2D eigenvalue weighted by atomic mass is 16.5. The van der Waals surface area contributed by atoms with Crippen LogP contribution >= 0.6 is 0 Å². The molecule has 0 aliphatic heterocycles. The molecule has 0 spiro atoms. The number of rotatable bonds is 9. The number of esters is 1. The lowest BCUT2D eigenvalue weighted by atomic mass is 9.88. The minimum Gasteiger partial charge on any atom is -0.465 e. The first-order chi connectivity index (χ1) is 8.39. The van der Waals surface area contributed by atoms with Gasteiger partial charge in [0.05, 0.1) is 19.8 Å². The summed E-state index contributed by atoms with van der Waals surface area (Å²) in [6.45, 7) is 8.49. The highest BCUT2D eigenvalue weighted by Gasteiger charge is 2.37.